The maximum atomic E-state index is 11.0. The van der Waals surface area contributed by atoms with Crippen LogP contribution in [0.1, 0.15) is 17.5 Å². The van der Waals surface area contributed by atoms with E-state index in [1.54, 1.807) is 7.11 Å². The highest BCUT2D eigenvalue weighted by atomic mass is 16.5. The molecular formula is C14H19NO4. The summed E-state index contributed by atoms with van der Waals surface area (Å²) in [4.78, 5) is 11.0. The number of benzene rings is 1. The van der Waals surface area contributed by atoms with Gasteiger partial charge in [0.2, 0.25) is 0 Å². The normalized spacial score (nSPS) is 16.9. The Morgan fingerprint density at radius 3 is 2.53 bits per heavy atom. The smallest absolute Gasteiger partial charge is 0.308 e. The molecule has 5 nitrogen and oxygen atoms in total. The van der Waals surface area contributed by atoms with Crippen LogP contribution >= 0.6 is 0 Å². The van der Waals surface area contributed by atoms with Gasteiger partial charge < -0.3 is 19.9 Å². The Labute approximate surface area is 112 Å². The molecule has 1 aliphatic rings. The fourth-order valence-corrected chi connectivity index (χ4v) is 2.37. The molecule has 0 aliphatic heterocycles. The number of hydrogen-bond acceptors (Lipinski definition) is 5. The van der Waals surface area contributed by atoms with Gasteiger partial charge in [-0.15, -0.1) is 0 Å². The molecule has 1 unspecified atom stereocenters. The summed E-state index contributed by atoms with van der Waals surface area (Å²) in [6.07, 6.45) is 1.82. The lowest BCUT2D eigenvalue weighted by Gasteiger charge is -2.13. The Morgan fingerprint density at radius 1 is 1.26 bits per heavy atom. The van der Waals surface area contributed by atoms with Gasteiger partial charge >= 0.3 is 5.97 Å². The second-order valence-electron chi connectivity index (χ2n) is 4.57. The lowest BCUT2D eigenvalue weighted by molar-refractivity contribution is -0.141. The summed E-state index contributed by atoms with van der Waals surface area (Å²) >= 11 is 0. The molecule has 1 atom stereocenters. The van der Waals surface area contributed by atoms with E-state index >= 15 is 0 Å². The Hall–Kier alpha value is -1.75. The lowest BCUT2D eigenvalue weighted by atomic mass is 10.1. The predicted molar refractivity (Wildman–Crippen MR) is 70.5 cm³/mol. The minimum absolute atomic E-state index is 0.106. The summed E-state index contributed by atoms with van der Waals surface area (Å²) < 4.78 is 15.6. The summed E-state index contributed by atoms with van der Waals surface area (Å²) in [6.45, 7) is 0.306. The van der Waals surface area contributed by atoms with E-state index in [9.17, 15) is 4.79 Å². The van der Waals surface area contributed by atoms with Gasteiger partial charge in [0, 0.05) is 17.2 Å². The highest BCUT2D eigenvalue weighted by Gasteiger charge is 2.25. The van der Waals surface area contributed by atoms with E-state index < -0.39 is 0 Å². The summed E-state index contributed by atoms with van der Waals surface area (Å²) in [7, 11) is 3.02. The number of rotatable bonds is 5. The Balaban J connectivity index is 2.10. The van der Waals surface area contributed by atoms with Gasteiger partial charge in [-0.25, -0.2) is 0 Å². The van der Waals surface area contributed by atoms with Crippen molar-refractivity contribution in [2.45, 2.75) is 25.3 Å². The van der Waals surface area contributed by atoms with Gasteiger partial charge in [0.15, 0.2) is 0 Å². The molecule has 2 N–H and O–H groups in total. The third-order valence-corrected chi connectivity index (χ3v) is 3.29. The van der Waals surface area contributed by atoms with Gasteiger partial charge in [0.05, 0.1) is 27.2 Å². The molecule has 1 aromatic rings. The average Bonchev–Trinajstić information content (AvgIpc) is 2.80. The van der Waals surface area contributed by atoms with Crippen LogP contribution in [0.4, 0.5) is 0 Å². The minimum atomic E-state index is -0.276. The van der Waals surface area contributed by atoms with Crippen LogP contribution in [-0.2, 0) is 22.4 Å². The Morgan fingerprint density at radius 2 is 1.89 bits per heavy atom. The maximum Gasteiger partial charge on any atom is 0.308 e. The first-order chi connectivity index (χ1) is 9.15. The molecule has 19 heavy (non-hydrogen) atoms. The monoisotopic (exact) mass is 265 g/mol. The van der Waals surface area contributed by atoms with Crippen molar-refractivity contribution in [1.29, 1.82) is 0 Å². The molecule has 0 saturated heterocycles. The van der Waals surface area contributed by atoms with E-state index in [-0.39, 0.29) is 18.4 Å². The average molecular weight is 265 g/mol. The molecule has 1 aliphatic carbocycles. The van der Waals surface area contributed by atoms with Crippen molar-refractivity contribution in [1.82, 2.24) is 0 Å². The Bertz CT molecular complexity index is 473. The molecule has 0 saturated carbocycles. The number of fused-ring (bicyclic) bond motifs is 1. The van der Waals surface area contributed by atoms with Crippen molar-refractivity contribution in [2.24, 2.45) is 5.73 Å². The second-order valence-corrected chi connectivity index (χ2v) is 4.57. The van der Waals surface area contributed by atoms with Gasteiger partial charge in [-0.1, -0.05) is 0 Å². The van der Waals surface area contributed by atoms with Gasteiger partial charge in [-0.3, -0.25) is 4.79 Å². The molecule has 104 valence electrons. The number of carbonyl (C=O) groups excluding carboxylic acids is 1. The first-order valence-corrected chi connectivity index (χ1v) is 6.29. The number of methoxy groups -OCH3 is 2. The predicted octanol–water partition coefficient (Wildman–Crippen LogP) is 1.06. The molecule has 2 rings (SSSR count). The molecule has 0 spiro atoms. The highest BCUT2D eigenvalue weighted by molar-refractivity contribution is 5.69. The third kappa shape index (κ3) is 2.98. The SMILES string of the molecule is COC(=O)CCOc1ccc(OC)c2c1CC(N)C2. The zero-order valence-electron chi connectivity index (χ0n) is 11.3. The minimum Gasteiger partial charge on any atom is -0.496 e. The first-order valence-electron chi connectivity index (χ1n) is 6.29. The molecule has 5 heteroatoms. The zero-order chi connectivity index (χ0) is 13.8. The van der Waals surface area contributed by atoms with Crippen molar-refractivity contribution < 1.29 is 19.0 Å². The Kier molecular flexibility index (Phi) is 4.27. The van der Waals surface area contributed by atoms with Crippen molar-refractivity contribution in [2.75, 3.05) is 20.8 Å². The topological polar surface area (TPSA) is 70.8 Å². The summed E-state index contributed by atoms with van der Waals surface area (Å²) in [6, 6.07) is 3.85. The summed E-state index contributed by atoms with van der Waals surface area (Å²) in [5, 5.41) is 0. The quantitative estimate of drug-likeness (QED) is 0.806. The first kappa shape index (κ1) is 13.7. The van der Waals surface area contributed by atoms with Crippen LogP contribution in [0.2, 0.25) is 0 Å². The van der Waals surface area contributed by atoms with E-state index in [1.807, 2.05) is 12.1 Å². The molecule has 0 aromatic heterocycles. The molecule has 0 radical (unpaired) electrons. The molecular weight excluding hydrogens is 246 g/mol. The van der Waals surface area contributed by atoms with Crippen LogP contribution in [0.3, 0.4) is 0 Å². The summed E-state index contributed by atoms with van der Waals surface area (Å²) in [5.74, 6) is 1.36. The number of ether oxygens (including phenoxy) is 3. The van der Waals surface area contributed by atoms with Gasteiger partial charge in [-0.05, 0) is 25.0 Å². The van der Waals surface area contributed by atoms with E-state index in [2.05, 4.69) is 4.74 Å². The lowest BCUT2D eigenvalue weighted by Crippen LogP contribution is -2.19. The number of nitrogens with two attached hydrogens (primary N) is 1. The third-order valence-electron chi connectivity index (χ3n) is 3.29. The van der Waals surface area contributed by atoms with Crippen molar-refractivity contribution in [3.8, 4) is 11.5 Å². The van der Waals surface area contributed by atoms with Crippen LogP contribution < -0.4 is 15.2 Å². The van der Waals surface area contributed by atoms with Crippen molar-refractivity contribution in [3.63, 3.8) is 0 Å². The largest absolute Gasteiger partial charge is 0.496 e. The summed E-state index contributed by atoms with van der Waals surface area (Å²) in [5.41, 5.74) is 8.20. The van der Waals surface area contributed by atoms with Crippen LogP contribution in [-0.4, -0.2) is 32.8 Å². The fraction of sp³-hybridized carbons (Fsp3) is 0.500. The van der Waals surface area contributed by atoms with Gasteiger partial charge in [-0.2, -0.15) is 0 Å². The van der Waals surface area contributed by atoms with E-state index in [4.69, 9.17) is 15.2 Å². The van der Waals surface area contributed by atoms with E-state index in [1.165, 1.54) is 7.11 Å². The van der Waals surface area contributed by atoms with E-state index in [0.29, 0.717) is 6.61 Å². The zero-order valence-corrected chi connectivity index (χ0v) is 11.3. The second kappa shape index (κ2) is 5.93. The van der Waals surface area contributed by atoms with Crippen LogP contribution in [0, 0.1) is 0 Å². The van der Waals surface area contributed by atoms with Gasteiger partial charge in [0.1, 0.15) is 11.5 Å². The molecule has 0 bridgehead atoms. The molecule has 0 fully saturated rings. The molecule has 0 heterocycles. The van der Waals surface area contributed by atoms with Crippen molar-refractivity contribution >= 4 is 5.97 Å². The standard InChI is InChI=1S/C14H19NO4/c1-17-12-3-4-13(19-6-5-14(16)18-2)11-8-9(15)7-10(11)12/h3-4,9H,5-8,15H2,1-2H3. The van der Waals surface area contributed by atoms with Crippen LogP contribution in [0.5, 0.6) is 11.5 Å². The molecule has 0 amide bonds. The van der Waals surface area contributed by atoms with Crippen LogP contribution in [0.15, 0.2) is 12.1 Å². The van der Waals surface area contributed by atoms with E-state index in [0.717, 1.165) is 35.5 Å². The van der Waals surface area contributed by atoms with Gasteiger partial charge in [0.25, 0.3) is 0 Å². The number of carbonyl (C=O) groups is 1. The number of hydrogen-bond donors (Lipinski definition) is 1. The number of esters is 1. The fourth-order valence-electron chi connectivity index (χ4n) is 2.37. The molecule has 1 aromatic carbocycles. The van der Waals surface area contributed by atoms with Crippen LogP contribution in [0.25, 0.3) is 0 Å². The highest BCUT2D eigenvalue weighted by Crippen LogP contribution is 2.36. The maximum absolute atomic E-state index is 11.0. The van der Waals surface area contributed by atoms with Crippen molar-refractivity contribution in [3.05, 3.63) is 23.3 Å².